The van der Waals surface area contributed by atoms with E-state index in [9.17, 15) is 4.79 Å². The smallest absolute Gasteiger partial charge is 0.220 e. The number of carbonyl (C=O) groups excluding carboxylic acids is 1. The molecule has 2 aromatic carbocycles. The van der Waals surface area contributed by atoms with Crippen LogP contribution in [0.2, 0.25) is 10.0 Å². The van der Waals surface area contributed by atoms with Crippen molar-refractivity contribution in [3.05, 3.63) is 63.6 Å². The molecule has 0 radical (unpaired) electrons. The summed E-state index contributed by atoms with van der Waals surface area (Å²) in [5.41, 5.74) is 7.77. The molecule has 0 saturated carbocycles. The number of para-hydroxylation sites is 1. The minimum Gasteiger partial charge on any atom is -0.493 e. The summed E-state index contributed by atoms with van der Waals surface area (Å²) in [5, 5.41) is 1.18. The van der Waals surface area contributed by atoms with E-state index in [0.29, 0.717) is 16.7 Å². The van der Waals surface area contributed by atoms with E-state index < -0.39 is 0 Å². The van der Waals surface area contributed by atoms with Gasteiger partial charge in [0.15, 0.2) is 0 Å². The minimum absolute atomic E-state index is 0.0602. The Morgan fingerprint density at radius 3 is 2.53 bits per heavy atom. The van der Waals surface area contributed by atoms with Crippen LogP contribution in [0.1, 0.15) is 36.8 Å². The molecule has 1 aliphatic rings. The molecule has 0 aromatic heterocycles. The molecule has 0 atom stereocenters. The Morgan fingerprint density at radius 1 is 1.03 bits per heavy atom. The van der Waals surface area contributed by atoms with Gasteiger partial charge >= 0.3 is 0 Å². The van der Waals surface area contributed by atoms with E-state index in [4.69, 9.17) is 33.7 Å². The first-order chi connectivity index (χ1) is 14.5. The van der Waals surface area contributed by atoms with E-state index in [-0.39, 0.29) is 11.8 Å². The summed E-state index contributed by atoms with van der Waals surface area (Å²) in [5.74, 6) is 0.866. The molecule has 4 nitrogen and oxygen atoms in total. The molecule has 2 N–H and O–H groups in total. The van der Waals surface area contributed by atoms with Gasteiger partial charge in [0.1, 0.15) is 5.75 Å². The van der Waals surface area contributed by atoms with Crippen molar-refractivity contribution in [1.82, 2.24) is 4.90 Å². The number of piperidine rings is 1. The van der Waals surface area contributed by atoms with Gasteiger partial charge in [-0.2, -0.15) is 0 Å². The summed E-state index contributed by atoms with van der Waals surface area (Å²) in [6.07, 6.45) is 5.65. The number of nitrogens with two attached hydrogens (primary N) is 1. The van der Waals surface area contributed by atoms with Crippen LogP contribution in [0.5, 0.6) is 5.75 Å². The second-order valence-electron chi connectivity index (χ2n) is 7.93. The van der Waals surface area contributed by atoms with E-state index in [0.717, 1.165) is 63.9 Å². The van der Waals surface area contributed by atoms with Crippen molar-refractivity contribution in [1.29, 1.82) is 0 Å². The lowest BCUT2D eigenvalue weighted by Crippen LogP contribution is -2.38. The second kappa shape index (κ2) is 11.6. The number of aryl methyl sites for hydroxylation is 2. The lowest BCUT2D eigenvalue weighted by molar-refractivity contribution is -0.123. The predicted octanol–water partition coefficient (Wildman–Crippen LogP) is 5.13. The fourth-order valence-corrected chi connectivity index (χ4v) is 4.21. The zero-order valence-corrected chi connectivity index (χ0v) is 18.8. The molecule has 0 aliphatic carbocycles. The molecule has 162 valence electrons. The van der Waals surface area contributed by atoms with Crippen LogP contribution in [-0.4, -0.2) is 37.0 Å². The lowest BCUT2D eigenvalue weighted by Gasteiger charge is -2.30. The summed E-state index contributed by atoms with van der Waals surface area (Å²) >= 11 is 12.1. The summed E-state index contributed by atoms with van der Waals surface area (Å²) in [6.45, 7) is 3.69. The maximum Gasteiger partial charge on any atom is 0.220 e. The van der Waals surface area contributed by atoms with Crippen LogP contribution < -0.4 is 10.5 Å². The Labute approximate surface area is 189 Å². The van der Waals surface area contributed by atoms with Crippen molar-refractivity contribution in [2.24, 2.45) is 11.7 Å². The zero-order valence-electron chi connectivity index (χ0n) is 17.3. The highest BCUT2D eigenvalue weighted by Gasteiger charge is 2.22. The molecule has 2 aromatic rings. The SMILES string of the molecule is NC(=O)C1CCN(CCCCOc2ccccc2CCc2ccc(Cl)c(Cl)c2)CC1. The number of ether oxygens (including phenoxy) is 1. The molecule has 1 amide bonds. The Bertz CT molecular complexity index is 836. The highest BCUT2D eigenvalue weighted by molar-refractivity contribution is 6.42. The molecule has 1 aliphatic heterocycles. The predicted molar refractivity (Wildman–Crippen MR) is 123 cm³/mol. The maximum absolute atomic E-state index is 11.3. The average Bonchev–Trinajstić information content (AvgIpc) is 2.75. The average molecular weight is 449 g/mol. The largest absolute Gasteiger partial charge is 0.493 e. The number of likely N-dealkylation sites (tertiary alicyclic amines) is 1. The van der Waals surface area contributed by atoms with Crippen molar-refractivity contribution in [2.75, 3.05) is 26.2 Å². The van der Waals surface area contributed by atoms with E-state index in [1.807, 2.05) is 36.4 Å². The molecule has 0 bridgehead atoms. The number of nitrogens with zero attached hydrogens (tertiary/aromatic N) is 1. The van der Waals surface area contributed by atoms with Gasteiger partial charge < -0.3 is 15.4 Å². The molecular weight excluding hydrogens is 419 g/mol. The first-order valence-electron chi connectivity index (χ1n) is 10.7. The van der Waals surface area contributed by atoms with Crippen LogP contribution in [0, 0.1) is 5.92 Å². The van der Waals surface area contributed by atoms with E-state index in [1.165, 1.54) is 11.1 Å². The van der Waals surface area contributed by atoms with Gasteiger partial charge in [0.2, 0.25) is 5.91 Å². The monoisotopic (exact) mass is 448 g/mol. The fourth-order valence-electron chi connectivity index (χ4n) is 3.89. The number of unbranched alkanes of at least 4 members (excludes halogenated alkanes) is 1. The van der Waals surface area contributed by atoms with Crippen LogP contribution in [-0.2, 0) is 17.6 Å². The Hall–Kier alpha value is -1.75. The number of primary amides is 1. The van der Waals surface area contributed by atoms with Crippen LogP contribution >= 0.6 is 23.2 Å². The summed E-state index contributed by atoms with van der Waals surface area (Å²) in [4.78, 5) is 13.7. The minimum atomic E-state index is -0.152. The molecule has 3 rings (SSSR count). The number of hydrogen-bond acceptors (Lipinski definition) is 3. The number of amides is 1. The van der Waals surface area contributed by atoms with Crippen molar-refractivity contribution in [3.8, 4) is 5.75 Å². The topological polar surface area (TPSA) is 55.6 Å². The molecule has 0 spiro atoms. The van der Waals surface area contributed by atoms with Crippen molar-refractivity contribution >= 4 is 29.1 Å². The first-order valence-corrected chi connectivity index (χ1v) is 11.4. The van der Waals surface area contributed by atoms with E-state index in [2.05, 4.69) is 11.0 Å². The van der Waals surface area contributed by atoms with Crippen molar-refractivity contribution in [3.63, 3.8) is 0 Å². The van der Waals surface area contributed by atoms with Gasteiger partial charge in [0, 0.05) is 5.92 Å². The Morgan fingerprint density at radius 2 is 1.80 bits per heavy atom. The molecule has 1 heterocycles. The normalized spacial score (nSPS) is 15.3. The molecule has 0 unspecified atom stereocenters. The third-order valence-corrected chi connectivity index (χ3v) is 6.49. The Kier molecular flexibility index (Phi) is 8.86. The molecule has 1 saturated heterocycles. The highest BCUT2D eigenvalue weighted by atomic mass is 35.5. The van der Waals surface area contributed by atoms with Crippen molar-refractivity contribution < 1.29 is 9.53 Å². The number of halogens is 2. The number of benzene rings is 2. The molecule has 1 fully saturated rings. The van der Waals surface area contributed by atoms with Crippen LogP contribution in [0.4, 0.5) is 0 Å². The Balaban J connectivity index is 1.38. The quantitative estimate of drug-likeness (QED) is 0.512. The van der Waals surface area contributed by atoms with Crippen molar-refractivity contribution in [2.45, 2.75) is 38.5 Å². The highest BCUT2D eigenvalue weighted by Crippen LogP contribution is 2.25. The van der Waals surface area contributed by atoms with Gasteiger partial charge in [-0.15, -0.1) is 0 Å². The molecule has 6 heteroatoms. The van der Waals surface area contributed by atoms with Gasteiger partial charge in [-0.05, 0) is 87.5 Å². The van der Waals surface area contributed by atoms with E-state index >= 15 is 0 Å². The maximum atomic E-state index is 11.3. The molecular formula is C24H30Cl2N2O2. The van der Waals surface area contributed by atoms with Crippen LogP contribution in [0.15, 0.2) is 42.5 Å². The van der Waals surface area contributed by atoms with Gasteiger partial charge in [-0.25, -0.2) is 0 Å². The van der Waals surface area contributed by atoms with Gasteiger partial charge in [-0.1, -0.05) is 47.5 Å². The number of rotatable bonds is 10. The van der Waals surface area contributed by atoms with Gasteiger partial charge in [0.05, 0.1) is 16.7 Å². The third-order valence-electron chi connectivity index (χ3n) is 5.76. The fraction of sp³-hybridized carbons (Fsp3) is 0.458. The van der Waals surface area contributed by atoms with Gasteiger partial charge in [-0.3, -0.25) is 4.79 Å². The number of hydrogen-bond donors (Lipinski definition) is 1. The lowest BCUT2D eigenvalue weighted by atomic mass is 9.96. The van der Waals surface area contributed by atoms with Crippen LogP contribution in [0.3, 0.4) is 0 Å². The van der Waals surface area contributed by atoms with Gasteiger partial charge in [0.25, 0.3) is 0 Å². The number of carbonyl (C=O) groups is 1. The first kappa shape index (κ1) is 22.9. The zero-order chi connectivity index (χ0) is 21.3. The summed E-state index contributed by atoms with van der Waals surface area (Å²) < 4.78 is 6.08. The summed E-state index contributed by atoms with van der Waals surface area (Å²) in [7, 11) is 0. The van der Waals surface area contributed by atoms with E-state index in [1.54, 1.807) is 0 Å². The van der Waals surface area contributed by atoms with Crippen LogP contribution in [0.25, 0.3) is 0 Å². The molecule has 30 heavy (non-hydrogen) atoms. The third kappa shape index (κ3) is 6.90. The second-order valence-corrected chi connectivity index (χ2v) is 8.74. The summed E-state index contributed by atoms with van der Waals surface area (Å²) in [6, 6.07) is 14.0. The standard InChI is InChI=1S/C24H30Cl2N2O2/c25-21-10-8-18(17-22(21)26)7-9-19-5-1-2-6-23(19)30-16-4-3-13-28-14-11-20(12-15-28)24(27)29/h1-2,5-6,8,10,17,20H,3-4,7,9,11-16H2,(H2,27,29).